The lowest BCUT2D eigenvalue weighted by molar-refractivity contribution is -0.126. The minimum Gasteiger partial charge on any atom is -0.471 e. The Labute approximate surface area is 77.7 Å². The van der Waals surface area contributed by atoms with Gasteiger partial charge in [0.1, 0.15) is 0 Å². The molecule has 3 nitrogen and oxygen atoms in total. The molecule has 13 heavy (non-hydrogen) atoms. The number of hydrogen-bond acceptors (Lipinski definition) is 3. The van der Waals surface area contributed by atoms with Gasteiger partial charge >= 0.3 is 0 Å². The zero-order chi connectivity index (χ0) is 9.52. The van der Waals surface area contributed by atoms with Gasteiger partial charge in [0.2, 0.25) is 0 Å². The van der Waals surface area contributed by atoms with Crippen molar-refractivity contribution in [1.82, 2.24) is 0 Å². The lowest BCUT2D eigenvalue weighted by atomic mass is 10.2. The molecular formula is C10H13NO2. The second kappa shape index (κ2) is 5.19. The van der Waals surface area contributed by atoms with Gasteiger partial charge in [-0.05, 0) is 18.1 Å². The SMILES string of the molecule is COC=O.c1ccc2c(c1)CCN2. The molecule has 70 valence electrons. The van der Waals surface area contributed by atoms with Crippen LogP contribution in [0.2, 0.25) is 0 Å². The summed E-state index contributed by atoms with van der Waals surface area (Å²) in [5, 5.41) is 3.30. The van der Waals surface area contributed by atoms with Crippen molar-refractivity contribution in [2.45, 2.75) is 6.42 Å². The van der Waals surface area contributed by atoms with Crippen molar-refractivity contribution < 1.29 is 9.53 Å². The number of ether oxygens (including phenoxy) is 1. The van der Waals surface area contributed by atoms with Crippen LogP contribution in [0, 0.1) is 0 Å². The summed E-state index contributed by atoms with van der Waals surface area (Å²) in [6, 6.07) is 8.46. The summed E-state index contributed by atoms with van der Waals surface area (Å²) in [6.45, 7) is 1.49. The Bertz CT molecular complexity index is 250. The van der Waals surface area contributed by atoms with Gasteiger partial charge in [0.05, 0.1) is 7.11 Å². The van der Waals surface area contributed by atoms with Gasteiger partial charge in [0.15, 0.2) is 0 Å². The van der Waals surface area contributed by atoms with Crippen molar-refractivity contribution >= 4 is 12.2 Å². The molecule has 0 saturated heterocycles. The molecule has 0 atom stereocenters. The number of carbonyl (C=O) groups excluding carboxylic acids is 1. The first-order valence-corrected chi connectivity index (χ1v) is 4.16. The number of fused-ring (bicyclic) bond motifs is 1. The van der Waals surface area contributed by atoms with E-state index in [2.05, 4.69) is 34.3 Å². The van der Waals surface area contributed by atoms with Crippen LogP contribution in [0.1, 0.15) is 5.56 Å². The van der Waals surface area contributed by atoms with Gasteiger partial charge in [-0.1, -0.05) is 18.2 Å². The van der Waals surface area contributed by atoms with Gasteiger partial charge < -0.3 is 10.1 Å². The molecule has 0 aliphatic carbocycles. The number of nitrogens with one attached hydrogen (secondary N) is 1. The number of para-hydroxylation sites is 1. The average molecular weight is 179 g/mol. The van der Waals surface area contributed by atoms with Gasteiger partial charge in [-0.15, -0.1) is 0 Å². The van der Waals surface area contributed by atoms with Crippen molar-refractivity contribution in [2.24, 2.45) is 0 Å². The second-order valence-electron chi connectivity index (χ2n) is 2.67. The van der Waals surface area contributed by atoms with Crippen LogP contribution in [0.3, 0.4) is 0 Å². The summed E-state index contributed by atoms with van der Waals surface area (Å²) in [5.41, 5.74) is 2.77. The van der Waals surface area contributed by atoms with Crippen LogP contribution in [0.5, 0.6) is 0 Å². The molecule has 0 spiro atoms. The number of anilines is 1. The summed E-state index contributed by atoms with van der Waals surface area (Å²) >= 11 is 0. The summed E-state index contributed by atoms with van der Waals surface area (Å²) < 4.78 is 3.86. The largest absolute Gasteiger partial charge is 0.471 e. The Hall–Kier alpha value is -1.51. The minimum atomic E-state index is 0.375. The quantitative estimate of drug-likeness (QED) is 0.663. The zero-order valence-electron chi connectivity index (χ0n) is 7.62. The van der Waals surface area contributed by atoms with Gasteiger partial charge in [-0.2, -0.15) is 0 Å². The normalized spacial score (nSPS) is 11.8. The number of carbonyl (C=O) groups is 1. The van der Waals surface area contributed by atoms with E-state index >= 15 is 0 Å². The summed E-state index contributed by atoms with van der Waals surface area (Å²) in [7, 11) is 1.31. The first-order chi connectivity index (χ1) is 6.38. The van der Waals surface area contributed by atoms with Crippen LogP contribution in [-0.2, 0) is 16.0 Å². The van der Waals surface area contributed by atoms with Gasteiger partial charge in [-0.25, -0.2) is 0 Å². The minimum absolute atomic E-state index is 0.375. The predicted molar refractivity (Wildman–Crippen MR) is 51.7 cm³/mol. The molecule has 1 aliphatic rings. The van der Waals surface area contributed by atoms with Crippen LogP contribution in [-0.4, -0.2) is 20.1 Å². The summed E-state index contributed by atoms with van der Waals surface area (Å²) in [4.78, 5) is 8.95. The fourth-order valence-corrected chi connectivity index (χ4v) is 1.24. The third kappa shape index (κ3) is 2.78. The lowest BCUT2D eigenvalue weighted by Crippen LogP contribution is -1.90. The van der Waals surface area contributed by atoms with E-state index in [9.17, 15) is 0 Å². The fraction of sp³-hybridized carbons (Fsp3) is 0.300. The molecule has 0 radical (unpaired) electrons. The molecular weight excluding hydrogens is 166 g/mol. The highest BCUT2D eigenvalue weighted by Gasteiger charge is 2.05. The highest BCUT2D eigenvalue weighted by Crippen LogP contribution is 2.19. The molecule has 2 rings (SSSR count). The van der Waals surface area contributed by atoms with Crippen molar-refractivity contribution in [3.05, 3.63) is 29.8 Å². The highest BCUT2D eigenvalue weighted by molar-refractivity contribution is 5.54. The van der Waals surface area contributed by atoms with Crippen molar-refractivity contribution in [1.29, 1.82) is 0 Å². The van der Waals surface area contributed by atoms with E-state index in [-0.39, 0.29) is 0 Å². The smallest absolute Gasteiger partial charge is 0.292 e. The summed E-state index contributed by atoms with van der Waals surface area (Å²) in [5.74, 6) is 0. The molecule has 0 saturated carbocycles. The molecule has 1 N–H and O–H groups in total. The van der Waals surface area contributed by atoms with Gasteiger partial charge in [0, 0.05) is 12.2 Å². The van der Waals surface area contributed by atoms with Gasteiger partial charge in [0.25, 0.3) is 6.47 Å². The van der Waals surface area contributed by atoms with Crippen molar-refractivity contribution in [3.63, 3.8) is 0 Å². The maximum Gasteiger partial charge on any atom is 0.292 e. The highest BCUT2D eigenvalue weighted by atomic mass is 16.5. The Morgan fingerprint density at radius 1 is 1.46 bits per heavy atom. The Kier molecular flexibility index (Phi) is 3.82. The standard InChI is InChI=1S/C8H9N.C2H4O2/c1-2-4-8-7(3-1)5-6-9-8;1-4-2-3/h1-4,9H,5-6H2;2H,1H3. The zero-order valence-corrected chi connectivity index (χ0v) is 7.62. The molecule has 1 aliphatic heterocycles. The van der Waals surface area contributed by atoms with Crippen LogP contribution in [0.25, 0.3) is 0 Å². The van der Waals surface area contributed by atoms with E-state index in [0.717, 1.165) is 6.54 Å². The van der Waals surface area contributed by atoms with Crippen LogP contribution in [0.4, 0.5) is 5.69 Å². The summed E-state index contributed by atoms with van der Waals surface area (Å²) in [6.07, 6.45) is 1.19. The number of benzene rings is 1. The lowest BCUT2D eigenvalue weighted by Gasteiger charge is -1.94. The van der Waals surface area contributed by atoms with E-state index in [1.54, 1.807) is 0 Å². The molecule has 0 unspecified atom stereocenters. The average Bonchev–Trinajstić information content (AvgIpc) is 2.66. The number of rotatable bonds is 1. The van der Waals surface area contributed by atoms with E-state index in [0.29, 0.717) is 6.47 Å². The van der Waals surface area contributed by atoms with Crippen LogP contribution >= 0.6 is 0 Å². The molecule has 1 aromatic rings. The Balaban J connectivity index is 0.000000184. The first-order valence-electron chi connectivity index (χ1n) is 4.16. The van der Waals surface area contributed by atoms with Crippen molar-refractivity contribution in [3.8, 4) is 0 Å². The molecule has 0 aromatic heterocycles. The van der Waals surface area contributed by atoms with Gasteiger partial charge in [-0.3, -0.25) is 4.79 Å². The van der Waals surface area contributed by atoms with E-state index in [1.165, 1.54) is 24.8 Å². The van der Waals surface area contributed by atoms with Crippen molar-refractivity contribution in [2.75, 3.05) is 19.0 Å². The van der Waals surface area contributed by atoms with E-state index < -0.39 is 0 Å². The maximum absolute atomic E-state index is 8.95. The van der Waals surface area contributed by atoms with E-state index in [4.69, 9.17) is 4.79 Å². The third-order valence-corrected chi connectivity index (χ3v) is 1.82. The fourth-order valence-electron chi connectivity index (χ4n) is 1.24. The maximum atomic E-state index is 8.95. The molecule has 3 heteroatoms. The predicted octanol–water partition coefficient (Wildman–Crippen LogP) is 1.44. The van der Waals surface area contributed by atoms with Crippen LogP contribution in [0.15, 0.2) is 24.3 Å². The molecule has 1 heterocycles. The molecule has 0 fully saturated rings. The second-order valence-corrected chi connectivity index (χ2v) is 2.67. The molecule has 0 bridgehead atoms. The Morgan fingerprint density at radius 3 is 2.77 bits per heavy atom. The Morgan fingerprint density at radius 2 is 2.15 bits per heavy atom. The number of methoxy groups -OCH3 is 1. The first kappa shape index (κ1) is 9.58. The monoisotopic (exact) mass is 179 g/mol. The third-order valence-electron chi connectivity index (χ3n) is 1.82. The topological polar surface area (TPSA) is 38.3 Å². The van der Waals surface area contributed by atoms with E-state index in [1.807, 2.05) is 0 Å². The number of hydrogen-bond donors (Lipinski definition) is 1. The molecule has 0 amide bonds. The molecule has 1 aromatic carbocycles. The van der Waals surface area contributed by atoms with Crippen LogP contribution < -0.4 is 5.32 Å².